The molecule has 0 aliphatic carbocycles. The summed E-state index contributed by atoms with van der Waals surface area (Å²) in [5, 5.41) is 21.8. The van der Waals surface area contributed by atoms with E-state index in [1.807, 2.05) is 0 Å². The smallest absolute Gasteiger partial charge is 0.337 e. The van der Waals surface area contributed by atoms with Gasteiger partial charge in [0.15, 0.2) is 11.3 Å². The van der Waals surface area contributed by atoms with Crippen LogP contribution < -0.4 is 5.32 Å². The highest BCUT2D eigenvalue weighted by atomic mass is 35.5. The van der Waals surface area contributed by atoms with Crippen molar-refractivity contribution in [2.75, 3.05) is 12.0 Å². The number of alkyl halides is 1. The first kappa shape index (κ1) is 31.2. The number of benzene rings is 4. The molecule has 2 heterocycles. The maximum absolute atomic E-state index is 12.4. The van der Waals surface area contributed by atoms with E-state index in [-0.39, 0.29) is 33.8 Å². The van der Waals surface area contributed by atoms with Gasteiger partial charge in [0.1, 0.15) is 34.0 Å². The van der Waals surface area contributed by atoms with Gasteiger partial charge < -0.3 is 15.8 Å². The van der Waals surface area contributed by atoms with E-state index in [2.05, 4.69) is 21.0 Å². The predicted octanol–water partition coefficient (Wildman–Crippen LogP) is 4.34. The highest BCUT2D eigenvalue weighted by Gasteiger charge is 2.55. The lowest BCUT2D eigenvalue weighted by molar-refractivity contribution is -0.467. The first-order valence-corrected chi connectivity index (χ1v) is 17.5. The quantitative estimate of drug-likeness (QED) is 0.0427. The van der Waals surface area contributed by atoms with Crippen LogP contribution in [0.1, 0.15) is 0 Å². The Kier molecular flexibility index (Phi) is 7.36. The van der Waals surface area contributed by atoms with Crippen molar-refractivity contribution < 1.29 is 48.7 Å². The van der Waals surface area contributed by atoms with Crippen molar-refractivity contribution in [2.24, 2.45) is 10.2 Å². The standard InChI is InChI=1S/C24H18Cl2N6O10S3/c25-22-23-30-31(24(26)32(22)23)10-27-16-9-13(43(34,35)36)7-12-8-17(44(37,38)39)19(20(33)18(12)16)29-28-15-6-5-11-3-1-2-4-14(11)21(15)45(40,41)42/h1-9,22-23,27,33H,10H2,(H,34,35,36)(H,37,38,39)(H,40,41,42). The Hall–Kier alpha value is -3.82. The maximum Gasteiger partial charge on any atom is 0.337 e. The molecule has 1 saturated heterocycles. The first-order valence-electron chi connectivity index (χ1n) is 12.3. The Morgan fingerprint density at radius 2 is 1.62 bits per heavy atom. The van der Waals surface area contributed by atoms with Crippen molar-refractivity contribution in [3.8, 4) is 5.75 Å². The van der Waals surface area contributed by atoms with Crippen LogP contribution in [0, 0.1) is 0 Å². The third-order valence-electron chi connectivity index (χ3n) is 6.88. The minimum atomic E-state index is -5.20. The number of halogens is 2. The summed E-state index contributed by atoms with van der Waals surface area (Å²) in [4.78, 5) is -0.855. The van der Waals surface area contributed by atoms with Gasteiger partial charge in [-0.15, -0.1) is 10.2 Å². The van der Waals surface area contributed by atoms with E-state index >= 15 is 0 Å². The summed E-state index contributed by atoms with van der Waals surface area (Å²) in [6, 6.07) is 11.3. The molecule has 1 fully saturated rings. The maximum atomic E-state index is 12.4. The van der Waals surface area contributed by atoms with E-state index in [9.17, 15) is 44.0 Å². The van der Waals surface area contributed by atoms with Crippen LogP contribution in [0.3, 0.4) is 0 Å². The van der Waals surface area contributed by atoms with Crippen LogP contribution in [0.25, 0.3) is 27.0 Å². The molecule has 2 atom stereocenters. The van der Waals surface area contributed by atoms with Crippen LogP contribution in [-0.4, -0.2) is 77.2 Å². The Morgan fingerprint density at radius 1 is 0.911 bits per heavy atom. The summed E-state index contributed by atoms with van der Waals surface area (Å²) >= 11 is 12.3. The summed E-state index contributed by atoms with van der Waals surface area (Å²) in [7, 11) is -15.0. The number of rotatable bonds is 8. The van der Waals surface area contributed by atoms with Crippen LogP contribution >= 0.6 is 23.2 Å². The molecule has 16 nitrogen and oxygen atoms in total. The Balaban J connectivity index is 1.55. The van der Waals surface area contributed by atoms with E-state index in [1.54, 1.807) is 17.0 Å². The average Bonchev–Trinajstić information content (AvgIpc) is 3.45. The van der Waals surface area contributed by atoms with Crippen molar-refractivity contribution >= 4 is 97.5 Å². The molecule has 5 N–H and O–H groups in total. The first-order chi connectivity index (χ1) is 21.0. The van der Waals surface area contributed by atoms with Gasteiger partial charge in [-0.25, -0.2) is 4.90 Å². The van der Waals surface area contributed by atoms with Crippen molar-refractivity contribution in [3.63, 3.8) is 0 Å². The van der Waals surface area contributed by atoms with Crippen molar-refractivity contribution in [2.45, 2.75) is 26.4 Å². The van der Waals surface area contributed by atoms with Gasteiger partial charge in [-0.05, 0) is 35.0 Å². The molecule has 21 heteroatoms. The van der Waals surface area contributed by atoms with Crippen LogP contribution in [0.4, 0.5) is 17.1 Å². The van der Waals surface area contributed by atoms with E-state index in [0.717, 1.165) is 18.2 Å². The molecule has 0 radical (unpaired) electrons. The molecule has 0 aromatic heterocycles. The second-order valence-corrected chi connectivity index (χ2v) is 14.7. The summed E-state index contributed by atoms with van der Waals surface area (Å²) in [5.74, 6) is -0.941. The van der Waals surface area contributed by atoms with Gasteiger partial charge in [-0.3, -0.25) is 18.3 Å². The largest absolute Gasteiger partial charge is 0.505 e. The lowest BCUT2D eigenvalue weighted by atomic mass is 10.1. The van der Waals surface area contributed by atoms with Crippen molar-refractivity contribution in [1.82, 2.24) is 4.90 Å². The Bertz CT molecular complexity index is 2350. The number of nitrogens with zero attached hydrogens (tertiary/aromatic N) is 5. The Morgan fingerprint density at radius 3 is 2.24 bits per heavy atom. The highest BCUT2D eigenvalue weighted by Crippen LogP contribution is 2.46. The molecule has 6 rings (SSSR count). The molecule has 0 amide bonds. The van der Waals surface area contributed by atoms with E-state index in [0.29, 0.717) is 5.39 Å². The fraction of sp³-hybridized carbons (Fsp3) is 0.125. The molecule has 4 aromatic rings. The molecule has 2 aliphatic heterocycles. The molecule has 2 unspecified atom stereocenters. The zero-order valence-corrected chi connectivity index (χ0v) is 26.0. The number of hydrogen-bond donors (Lipinski definition) is 5. The van der Waals surface area contributed by atoms with Gasteiger partial charge in [0, 0.05) is 22.4 Å². The number of phenolic OH excluding ortho intramolecular Hbond substituents is 1. The highest BCUT2D eigenvalue weighted by molar-refractivity contribution is 7.86. The normalized spacial score (nSPS) is 18.6. The zero-order valence-electron chi connectivity index (χ0n) is 22.0. The van der Waals surface area contributed by atoms with Crippen LogP contribution in [0.2, 0.25) is 0 Å². The molecule has 0 spiro atoms. The number of fused-ring (bicyclic) bond motifs is 3. The fourth-order valence-corrected chi connectivity index (χ4v) is 7.54. The minimum absolute atomic E-state index is 0.0654. The number of phenols is 1. The Labute approximate surface area is 264 Å². The van der Waals surface area contributed by atoms with E-state index in [4.69, 9.17) is 23.2 Å². The van der Waals surface area contributed by atoms with Crippen molar-refractivity contribution in [3.05, 3.63) is 60.0 Å². The summed E-state index contributed by atoms with van der Waals surface area (Å²) in [6.45, 7) is -0.218. The number of amidine groups is 1. The number of anilines is 1. The van der Waals surface area contributed by atoms with Crippen LogP contribution in [0.15, 0.2) is 79.5 Å². The SMILES string of the molecule is O=S(=O)(O)c1cc(NC[N+]2=C(Cl)N3C(Cl)C3[N-]2)c2c(O)c(N=Nc3ccc4ccccc4c3S(=O)(=O)O)c(S(=O)(=O)O)cc2c1. The molecule has 4 aromatic carbocycles. The average molecular weight is 718 g/mol. The summed E-state index contributed by atoms with van der Waals surface area (Å²) in [5.41, 5.74) is 2.32. The molecular formula is C24H18Cl2N6O10S3. The molecule has 45 heavy (non-hydrogen) atoms. The summed E-state index contributed by atoms with van der Waals surface area (Å²) in [6.07, 6.45) is -0.415. The third kappa shape index (κ3) is 5.61. The predicted molar refractivity (Wildman–Crippen MR) is 161 cm³/mol. The lowest BCUT2D eigenvalue weighted by Gasteiger charge is -2.19. The van der Waals surface area contributed by atoms with Crippen molar-refractivity contribution in [1.29, 1.82) is 0 Å². The van der Waals surface area contributed by atoms with Crippen LogP contribution in [0.5, 0.6) is 5.75 Å². The monoisotopic (exact) mass is 716 g/mol. The third-order valence-corrected chi connectivity index (χ3v) is 10.4. The van der Waals surface area contributed by atoms with E-state index in [1.165, 1.54) is 28.9 Å². The second-order valence-electron chi connectivity index (χ2n) is 9.71. The molecular weight excluding hydrogens is 699 g/mol. The summed E-state index contributed by atoms with van der Waals surface area (Å²) < 4.78 is 104. The van der Waals surface area contributed by atoms with Gasteiger partial charge in [0.05, 0.1) is 10.6 Å². The molecule has 236 valence electrons. The topological polar surface area (TPSA) is 240 Å². The second kappa shape index (κ2) is 10.6. The number of hydrogen-bond acceptors (Lipinski definition) is 11. The number of azo groups is 1. The van der Waals surface area contributed by atoms with Gasteiger partial charge in [-0.2, -0.15) is 25.3 Å². The zero-order chi connectivity index (χ0) is 32.6. The van der Waals surface area contributed by atoms with Crippen LogP contribution in [-0.2, 0) is 30.4 Å². The molecule has 0 bridgehead atoms. The van der Waals surface area contributed by atoms with Gasteiger partial charge >= 0.3 is 5.29 Å². The van der Waals surface area contributed by atoms with Gasteiger partial charge in [0.2, 0.25) is 0 Å². The van der Waals surface area contributed by atoms with Gasteiger partial charge in [-0.1, -0.05) is 41.9 Å². The number of nitrogens with one attached hydrogen (secondary N) is 1. The molecule has 0 saturated carbocycles. The van der Waals surface area contributed by atoms with Gasteiger partial charge in [0.25, 0.3) is 30.4 Å². The lowest BCUT2D eigenvalue weighted by Crippen LogP contribution is -2.22. The minimum Gasteiger partial charge on any atom is -0.505 e. The fourth-order valence-electron chi connectivity index (χ4n) is 4.83. The number of aromatic hydroxyl groups is 1. The molecule has 2 aliphatic rings. The van der Waals surface area contributed by atoms with E-state index < -0.39 is 73.8 Å².